The summed E-state index contributed by atoms with van der Waals surface area (Å²) in [6.45, 7) is 0. The van der Waals surface area contributed by atoms with E-state index in [1.807, 2.05) is 0 Å². The molecule has 7 heteroatoms. The molecule has 1 aliphatic rings. The molecule has 150 valence electrons. The highest BCUT2D eigenvalue weighted by Gasteiger charge is 2.40. The molecule has 1 aliphatic heterocycles. The maximum atomic E-state index is 13.3. The molecule has 0 radical (unpaired) electrons. The maximum Gasteiger partial charge on any atom is 0.282 e. The van der Waals surface area contributed by atoms with Crippen molar-refractivity contribution in [3.8, 4) is 5.75 Å². The number of nitrogens with zero attached hydrogens (tertiary/aromatic N) is 1. The molecule has 1 heterocycles. The number of amides is 2. The number of ether oxygens (including phenoxy) is 1. The molecule has 2 amide bonds. The first-order chi connectivity index (χ1) is 14.5. The fourth-order valence-corrected chi connectivity index (χ4v) is 3.32. The van der Waals surface area contributed by atoms with Gasteiger partial charge >= 0.3 is 0 Å². The molecule has 0 bridgehead atoms. The number of carbonyl (C=O) groups is 2. The van der Waals surface area contributed by atoms with Gasteiger partial charge in [0.1, 0.15) is 17.3 Å². The summed E-state index contributed by atoms with van der Waals surface area (Å²) >= 11 is 5.98. The van der Waals surface area contributed by atoms with Gasteiger partial charge in [0.2, 0.25) is 0 Å². The lowest BCUT2D eigenvalue weighted by atomic mass is 10.0. The van der Waals surface area contributed by atoms with Gasteiger partial charge in [-0.05, 0) is 54.1 Å². The summed E-state index contributed by atoms with van der Waals surface area (Å²) in [6, 6.07) is 18.8. The Balaban J connectivity index is 1.81. The number of anilines is 2. The number of rotatable bonds is 5. The van der Waals surface area contributed by atoms with Crippen molar-refractivity contribution in [1.82, 2.24) is 0 Å². The highest BCUT2D eigenvalue weighted by Crippen LogP contribution is 2.35. The Kier molecular flexibility index (Phi) is 5.25. The molecule has 3 aromatic rings. The molecule has 0 unspecified atom stereocenters. The summed E-state index contributed by atoms with van der Waals surface area (Å²) < 4.78 is 18.5. The lowest BCUT2D eigenvalue weighted by molar-refractivity contribution is -0.120. The third-order valence-corrected chi connectivity index (χ3v) is 4.89. The van der Waals surface area contributed by atoms with Crippen LogP contribution in [0.4, 0.5) is 15.8 Å². The smallest absolute Gasteiger partial charge is 0.282 e. The van der Waals surface area contributed by atoms with Crippen molar-refractivity contribution in [3.05, 3.63) is 94.9 Å². The van der Waals surface area contributed by atoms with Crippen LogP contribution in [-0.2, 0) is 9.59 Å². The minimum atomic E-state index is -0.525. The molecule has 0 saturated carbocycles. The van der Waals surface area contributed by atoms with E-state index in [2.05, 4.69) is 5.32 Å². The van der Waals surface area contributed by atoms with Crippen molar-refractivity contribution in [2.75, 3.05) is 17.3 Å². The fourth-order valence-electron chi connectivity index (χ4n) is 3.19. The van der Waals surface area contributed by atoms with E-state index in [9.17, 15) is 14.0 Å². The number of hydrogen-bond acceptors (Lipinski definition) is 4. The van der Waals surface area contributed by atoms with E-state index >= 15 is 0 Å². The van der Waals surface area contributed by atoms with Crippen LogP contribution < -0.4 is 15.0 Å². The average molecular weight is 423 g/mol. The maximum absolute atomic E-state index is 13.3. The molecule has 4 rings (SSSR count). The Hall–Kier alpha value is -3.64. The van der Waals surface area contributed by atoms with Crippen LogP contribution in [-0.4, -0.2) is 18.9 Å². The number of hydrogen-bond donors (Lipinski definition) is 1. The van der Waals surface area contributed by atoms with Crippen LogP contribution in [0, 0.1) is 5.82 Å². The Morgan fingerprint density at radius 2 is 1.63 bits per heavy atom. The fraction of sp³-hybridized carbons (Fsp3) is 0.0435. The van der Waals surface area contributed by atoms with E-state index in [4.69, 9.17) is 16.3 Å². The SMILES string of the molecule is COc1cccc(N2C(=O)C(Nc3ccc(F)cc3)=C(c3ccc(Cl)cc3)C2=O)c1. The van der Waals surface area contributed by atoms with Crippen LogP contribution in [0.2, 0.25) is 5.02 Å². The second-order valence-corrected chi connectivity index (χ2v) is 6.97. The molecular formula is C23H16ClFN2O3. The minimum absolute atomic E-state index is 0.0942. The molecule has 0 aliphatic carbocycles. The quantitative estimate of drug-likeness (QED) is 0.595. The van der Waals surface area contributed by atoms with Crippen LogP contribution in [0.25, 0.3) is 5.57 Å². The lowest BCUT2D eigenvalue weighted by Gasteiger charge is -2.16. The molecule has 0 atom stereocenters. The molecule has 0 fully saturated rings. The summed E-state index contributed by atoms with van der Waals surface area (Å²) in [7, 11) is 1.51. The van der Waals surface area contributed by atoms with Crippen LogP contribution in [0.1, 0.15) is 5.56 Å². The van der Waals surface area contributed by atoms with Gasteiger partial charge in [-0.3, -0.25) is 9.59 Å². The van der Waals surface area contributed by atoms with Crippen molar-refractivity contribution in [2.24, 2.45) is 0 Å². The topological polar surface area (TPSA) is 58.6 Å². The predicted molar refractivity (Wildman–Crippen MR) is 114 cm³/mol. The summed E-state index contributed by atoms with van der Waals surface area (Å²) in [6.07, 6.45) is 0. The van der Waals surface area contributed by atoms with E-state index < -0.39 is 17.6 Å². The van der Waals surface area contributed by atoms with Gasteiger partial charge in [-0.25, -0.2) is 9.29 Å². The number of imide groups is 1. The van der Waals surface area contributed by atoms with Crippen LogP contribution in [0.15, 0.2) is 78.5 Å². The molecule has 0 aromatic heterocycles. The normalized spacial score (nSPS) is 13.8. The molecule has 1 N–H and O–H groups in total. The number of methoxy groups -OCH3 is 1. The van der Waals surface area contributed by atoms with Crippen molar-refractivity contribution >= 4 is 40.4 Å². The highest BCUT2D eigenvalue weighted by molar-refractivity contribution is 6.46. The zero-order chi connectivity index (χ0) is 21.3. The first-order valence-corrected chi connectivity index (χ1v) is 9.41. The van der Waals surface area contributed by atoms with E-state index in [1.165, 1.54) is 31.4 Å². The lowest BCUT2D eigenvalue weighted by Crippen LogP contribution is -2.32. The second kappa shape index (κ2) is 8.00. The molecular weight excluding hydrogens is 407 g/mol. The van der Waals surface area contributed by atoms with Gasteiger partial charge in [-0.15, -0.1) is 0 Å². The van der Waals surface area contributed by atoms with Gasteiger partial charge in [0, 0.05) is 16.8 Å². The standard InChI is InChI=1S/C23H16ClFN2O3/c1-30-19-4-2-3-18(13-19)27-22(28)20(14-5-7-15(24)8-6-14)21(23(27)29)26-17-11-9-16(25)10-12-17/h2-13,26H,1H3. The summed E-state index contributed by atoms with van der Waals surface area (Å²) in [4.78, 5) is 27.7. The van der Waals surface area contributed by atoms with Crippen molar-refractivity contribution in [2.45, 2.75) is 0 Å². The highest BCUT2D eigenvalue weighted by atomic mass is 35.5. The van der Waals surface area contributed by atoms with Crippen LogP contribution in [0.5, 0.6) is 5.75 Å². The number of benzene rings is 3. The largest absolute Gasteiger partial charge is 0.497 e. The van der Waals surface area contributed by atoms with Crippen molar-refractivity contribution < 1.29 is 18.7 Å². The van der Waals surface area contributed by atoms with E-state index in [0.29, 0.717) is 27.7 Å². The van der Waals surface area contributed by atoms with E-state index in [1.54, 1.807) is 48.5 Å². The first-order valence-electron chi connectivity index (χ1n) is 9.03. The zero-order valence-electron chi connectivity index (χ0n) is 15.9. The van der Waals surface area contributed by atoms with Crippen LogP contribution >= 0.6 is 11.6 Å². The molecule has 0 saturated heterocycles. The van der Waals surface area contributed by atoms with E-state index in [-0.39, 0.29) is 11.3 Å². The van der Waals surface area contributed by atoms with Gasteiger partial charge in [0.25, 0.3) is 11.8 Å². The van der Waals surface area contributed by atoms with E-state index in [0.717, 1.165) is 4.90 Å². The molecule has 5 nitrogen and oxygen atoms in total. The van der Waals surface area contributed by atoms with Gasteiger partial charge in [-0.2, -0.15) is 0 Å². The zero-order valence-corrected chi connectivity index (χ0v) is 16.6. The first kappa shape index (κ1) is 19.7. The Labute approximate surface area is 177 Å². The van der Waals surface area contributed by atoms with Gasteiger partial charge in [0.05, 0.1) is 18.4 Å². The third kappa shape index (κ3) is 3.65. The monoisotopic (exact) mass is 422 g/mol. The summed E-state index contributed by atoms with van der Waals surface area (Å²) in [5, 5.41) is 3.48. The Bertz CT molecular complexity index is 1160. The summed E-state index contributed by atoms with van der Waals surface area (Å²) in [5.41, 5.74) is 1.69. The minimum Gasteiger partial charge on any atom is -0.497 e. The van der Waals surface area contributed by atoms with Gasteiger partial charge in [0.15, 0.2) is 0 Å². The Morgan fingerprint density at radius 3 is 2.30 bits per heavy atom. The summed E-state index contributed by atoms with van der Waals surface area (Å²) in [5.74, 6) is -0.900. The van der Waals surface area contributed by atoms with Gasteiger partial charge in [-0.1, -0.05) is 29.8 Å². The van der Waals surface area contributed by atoms with Gasteiger partial charge < -0.3 is 10.1 Å². The second-order valence-electron chi connectivity index (χ2n) is 6.54. The number of halogens is 2. The molecule has 3 aromatic carbocycles. The van der Waals surface area contributed by atoms with Crippen LogP contribution in [0.3, 0.4) is 0 Å². The number of nitrogens with one attached hydrogen (secondary N) is 1. The third-order valence-electron chi connectivity index (χ3n) is 4.64. The molecule has 0 spiro atoms. The Morgan fingerprint density at radius 1 is 0.933 bits per heavy atom. The van der Waals surface area contributed by atoms with Crippen molar-refractivity contribution in [3.63, 3.8) is 0 Å². The number of carbonyl (C=O) groups excluding carboxylic acids is 2. The molecule has 30 heavy (non-hydrogen) atoms. The average Bonchev–Trinajstić information content (AvgIpc) is 3.00. The predicted octanol–water partition coefficient (Wildman–Crippen LogP) is 4.88. The van der Waals surface area contributed by atoms with Crippen molar-refractivity contribution in [1.29, 1.82) is 0 Å².